The number of H-pyrrole nitrogens is 1. The van der Waals surface area contributed by atoms with Crippen molar-refractivity contribution in [1.29, 1.82) is 0 Å². The van der Waals surface area contributed by atoms with Crippen LogP contribution >= 0.6 is 0 Å². The number of ether oxygens (including phenoxy) is 1. The van der Waals surface area contributed by atoms with Gasteiger partial charge in [-0.1, -0.05) is 6.92 Å². The fraction of sp³-hybridized carbons (Fsp3) is 0.571. The molecule has 3 atom stereocenters. The minimum absolute atomic E-state index is 0.255. The number of aromatic nitrogens is 1. The number of hydrogen-bond donors (Lipinski definition) is 4. The van der Waals surface area contributed by atoms with E-state index in [1.54, 1.807) is 0 Å². The second-order valence-electron chi connectivity index (χ2n) is 5.02. The zero-order chi connectivity index (χ0) is 15.4. The summed E-state index contributed by atoms with van der Waals surface area (Å²) in [5, 5.41) is 21.9. The van der Waals surface area contributed by atoms with Crippen molar-refractivity contribution >= 4 is 5.91 Å². The van der Waals surface area contributed by atoms with Gasteiger partial charge in [-0.3, -0.25) is 9.59 Å². The third kappa shape index (κ3) is 3.49. The van der Waals surface area contributed by atoms with Crippen LogP contribution in [-0.4, -0.2) is 52.6 Å². The summed E-state index contributed by atoms with van der Waals surface area (Å²) in [6.07, 6.45) is -0.659. The van der Waals surface area contributed by atoms with Gasteiger partial charge in [0, 0.05) is 18.4 Å². The molecule has 2 rings (SSSR count). The van der Waals surface area contributed by atoms with E-state index in [9.17, 15) is 14.7 Å². The van der Waals surface area contributed by atoms with Crippen LogP contribution in [0.4, 0.5) is 0 Å². The number of aryl methyl sites for hydroxylation is 1. The molecule has 116 valence electrons. The van der Waals surface area contributed by atoms with Gasteiger partial charge >= 0.3 is 0 Å². The van der Waals surface area contributed by atoms with Crippen LogP contribution in [0.2, 0.25) is 0 Å². The predicted molar refractivity (Wildman–Crippen MR) is 75.1 cm³/mol. The Hall–Kier alpha value is -1.70. The Kier molecular flexibility index (Phi) is 5.11. The summed E-state index contributed by atoms with van der Waals surface area (Å²) in [6, 6.07) is 2.28. The zero-order valence-electron chi connectivity index (χ0n) is 11.8. The lowest BCUT2D eigenvalue weighted by atomic mass is 9.99. The number of carbonyl (C=O) groups is 1. The molecule has 2 heterocycles. The maximum atomic E-state index is 12.3. The van der Waals surface area contributed by atoms with E-state index in [2.05, 4.69) is 10.3 Å². The molecule has 0 aromatic carbocycles. The lowest BCUT2D eigenvalue weighted by Gasteiger charge is -2.34. The largest absolute Gasteiger partial charge is 0.394 e. The highest BCUT2D eigenvalue weighted by atomic mass is 16.5. The molecular weight excluding hydrogens is 276 g/mol. The summed E-state index contributed by atoms with van der Waals surface area (Å²) in [4.78, 5) is 26.2. The lowest BCUT2D eigenvalue weighted by Crippen LogP contribution is -2.54. The Labute approximate surface area is 122 Å². The van der Waals surface area contributed by atoms with Gasteiger partial charge in [-0.2, -0.15) is 0 Å². The monoisotopic (exact) mass is 296 g/mol. The molecule has 4 N–H and O–H groups in total. The smallest absolute Gasteiger partial charge is 0.253 e. The van der Waals surface area contributed by atoms with Crippen LogP contribution in [0.1, 0.15) is 29.4 Å². The Morgan fingerprint density at radius 1 is 1.52 bits per heavy atom. The van der Waals surface area contributed by atoms with Crippen LogP contribution in [0.5, 0.6) is 0 Å². The highest BCUT2D eigenvalue weighted by Gasteiger charge is 2.33. The van der Waals surface area contributed by atoms with E-state index >= 15 is 0 Å². The van der Waals surface area contributed by atoms with Gasteiger partial charge in [0.05, 0.1) is 18.2 Å². The molecule has 1 aromatic heterocycles. The first-order valence-electron chi connectivity index (χ1n) is 7.00. The van der Waals surface area contributed by atoms with Crippen molar-refractivity contribution in [3.05, 3.63) is 33.7 Å². The third-order valence-corrected chi connectivity index (χ3v) is 3.65. The van der Waals surface area contributed by atoms with Gasteiger partial charge in [0.15, 0.2) is 0 Å². The topological polar surface area (TPSA) is 112 Å². The molecule has 1 aliphatic heterocycles. The Morgan fingerprint density at radius 2 is 2.29 bits per heavy atom. The van der Waals surface area contributed by atoms with Gasteiger partial charge in [-0.15, -0.1) is 0 Å². The predicted octanol–water partition coefficient (Wildman–Crippen LogP) is -0.822. The van der Waals surface area contributed by atoms with Crippen LogP contribution in [-0.2, 0) is 11.2 Å². The molecular formula is C14H20N2O5. The molecule has 21 heavy (non-hydrogen) atoms. The molecule has 7 heteroatoms. The van der Waals surface area contributed by atoms with Gasteiger partial charge in [0.2, 0.25) is 5.56 Å². The van der Waals surface area contributed by atoms with Gasteiger partial charge in [0.1, 0.15) is 12.2 Å². The summed E-state index contributed by atoms with van der Waals surface area (Å²) in [7, 11) is 0. The molecule has 1 aromatic rings. The van der Waals surface area contributed by atoms with E-state index in [0.29, 0.717) is 30.7 Å². The number of hydrogen-bond acceptors (Lipinski definition) is 5. The summed E-state index contributed by atoms with van der Waals surface area (Å²) < 4.78 is 5.22. The first kappa shape index (κ1) is 15.7. The maximum Gasteiger partial charge on any atom is 0.253 e. The highest BCUT2D eigenvalue weighted by molar-refractivity contribution is 5.95. The van der Waals surface area contributed by atoms with E-state index in [1.807, 2.05) is 6.92 Å². The minimum Gasteiger partial charge on any atom is -0.394 e. The van der Waals surface area contributed by atoms with Gasteiger partial charge in [-0.25, -0.2) is 0 Å². The number of carbonyl (C=O) groups excluding carboxylic acids is 1. The van der Waals surface area contributed by atoms with Crippen LogP contribution < -0.4 is 10.9 Å². The molecule has 1 fully saturated rings. The molecule has 0 spiro atoms. The van der Waals surface area contributed by atoms with Crippen LogP contribution in [0.15, 0.2) is 16.9 Å². The molecule has 0 unspecified atom stereocenters. The Morgan fingerprint density at radius 3 is 2.95 bits per heavy atom. The number of nitrogens with one attached hydrogen (secondary N) is 2. The maximum absolute atomic E-state index is 12.3. The summed E-state index contributed by atoms with van der Waals surface area (Å²) >= 11 is 0. The average Bonchev–Trinajstić information content (AvgIpc) is 2.49. The van der Waals surface area contributed by atoms with Crippen LogP contribution in [0, 0.1) is 0 Å². The van der Waals surface area contributed by atoms with E-state index < -0.39 is 18.2 Å². The molecule has 1 amide bonds. The first-order valence-corrected chi connectivity index (χ1v) is 7.00. The van der Waals surface area contributed by atoms with E-state index in [1.165, 1.54) is 12.1 Å². The van der Waals surface area contributed by atoms with Crippen molar-refractivity contribution in [3.8, 4) is 0 Å². The molecule has 0 saturated carbocycles. The Balaban J connectivity index is 2.12. The van der Waals surface area contributed by atoms with Crippen molar-refractivity contribution in [2.24, 2.45) is 0 Å². The number of aliphatic hydroxyl groups excluding tert-OH is 2. The second kappa shape index (κ2) is 6.84. The minimum atomic E-state index is -0.958. The second-order valence-corrected chi connectivity index (χ2v) is 5.02. The van der Waals surface area contributed by atoms with Crippen molar-refractivity contribution in [3.63, 3.8) is 0 Å². The SMILES string of the molecule is CCc1[nH]c(=O)ccc1C(=O)N[C@H]1CCO[C@H](CO)[C@H]1O. The third-order valence-electron chi connectivity index (χ3n) is 3.65. The standard InChI is InChI=1S/C14H20N2O5/c1-2-9-8(3-4-12(18)15-9)14(20)16-10-5-6-21-11(7-17)13(10)19/h3-4,10-11,13,17,19H,2,5-7H2,1H3,(H,15,18)(H,16,20)/t10-,11+,13-/m0/s1. The number of aromatic amines is 1. The summed E-state index contributed by atoms with van der Waals surface area (Å²) in [6.45, 7) is 1.90. The fourth-order valence-electron chi connectivity index (χ4n) is 2.45. The van der Waals surface area contributed by atoms with E-state index in [-0.39, 0.29) is 18.1 Å². The first-order chi connectivity index (χ1) is 10.1. The molecule has 0 bridgehead atoms. The Bertz CT molecular complexity index is 557. The van der Waals surface area contributed by atoms with Crippen molar-refractivity contribution in [1.82, 2.24) is 10.3 Å². The number of rotatable bonds is 4. The molecule has 0 aliphatic carbocycles. The van der Waals surface area contributed by atoms with Crippen LogP contribution in [0.3, 0.4) is 0 Å². The van der Waals surface area contributed by atoms with E-state index in [4.69, 9.17) is 9.84 Å². The average molecular weight is 296 g/mol. The normalized spacial score (nSPS) is 25.6. The van der Waals surface area contributed by atoms with Crippen molar-refractivity contribution in [2.45, 2.75) is 38.0 Å². The quantitative estimate of drug-likeness (QED) is 0.580. The summed E-state index contributed by atoms with van der Waals surface area (Å²) in [5.74, 6) is -0.356. The van der Waals surface area contributed by atoms with Crippen LogP contribution in [0.25, 0.3) is 0 Å². The number of pyridine rings is 1. The molecule has 1 saturated heterocycles. The summed E-state index contributed by atoms with van der Waals surface area (Å²) in [5.41, 5.74) is 0.687. The van der Waals surface area contributed by atoms with Gasteiger partial charge in [-0.05, 0) is 18.9 Å². The lowest BCUT2D eigenvalue weighted by molar-refractivity contribution is -0.107. The van der Waals surface area contributed by atoms with Crippen molar-refractivity contribution in [2.75, 3.05) is 13.2 Å². The van der Waals surface area contributed by atoms with Gasteiger partial charge in [0.25, 0.3) is 5.91 Å². The number of aliphatic hydroxyl groups is 2. The van der Waals surface area contributed by atoms with Gasteiger partial charge < -0.3 is 25.3 Å². The van der Waals surface area contributed by atoms with E-state index in [0.717, 1.165) is 0 Å². The zero-order valence-corrected chi connectivity index (χ0v) is 11.8. The molecule has 1 aliphatic rings. The number of amides is 1. The van der Waals surface area contributed by atoms with Crippen molar-refractivity contribution < 1.29 is 19.7 Å². The molecule has 0 radical (unpaired) electrons. The fourth-order valence-corrected chi connectivity index (χ4v) is 2.45. The molecule has 7 nitrogen and oxygen atoms in total. The highest BCUT2D eigenvalue weighted by Crippen LogP contribution is 2.15.